The Kier molecular flexibility index (Phi) is 10.8. The summed E-state index contributed by atoms with van der Waals surface area (Å²) >= 11 is 2.15. The number of likely N-dealkylation sites (N-methyl/N-ethyl adjacent to an activating group) is 1. The van der Waals surface area contributed by atoms with Gasteiger partial charge in [0.25, 0.3) is 10.0 Å². The zero-order valence-electron chi connectivity index (χ0n) is 23.6. The van der Waals surface area contributed by atoms with Crippen LogP contribution in [0.2, 0.25) is 0 Å². The molecule has 4 aromatic rings. The molecule has 9 heteroatoms. The molecule has 0 saturated heterocycles. The molecule has 1 N–H and O–H groups in total. The minimum Gasteiger partial charge on any atom is -0.355 e. The third-order valence-electron chi connectivity index (χ3n) is 6.78. The van der Waals surface area contributed by atoms with Gasteiger partial charge in [0.05, 0.1) is 10.6 Å². The van der Waals surface area contributed by atoms with E-state index in [1.807, 2.05) is 68.4 Å². The van der Waals surface area contributed by atoms with E-state index in [0.717, 1.165) is 24.6 Å². The van der Waals surface area contributed by atoms with Gasteiger partial charge in [0, 0.05) is 23.1 Å². The number of hydrogen-bond donors (Lipinski definition) is 1. The van der Waals surface area contributed by atoms with Gasteiger partial charge in [-0.05, 0) is 84.0 Å². The van der Waals surface area contributed by atoms with Crippen molar-refractivity contribution in [1.29, 1.82) is 0 Å². The van der Waals surface area contributed by atoms with Crippen molar-refractivity contribution in [2.45, 2.75) is 37.8 Å². The normalized spacial score (nSPS) is 11.9. The largest absolute Gasteiger partial charge is 0.355 e. The molecule has 218 valence electrons. The van der Waals surface area contributed by atoms with Gasteiger partial charge in [0.2, 0.25) is 11.8 Å². The number of anilines is 1. The highest BCUT2D eigenvalue weighted by Crippen LogP contribution is 2.26. The van der Waals surface area contributed by atoms with Crippen LogP contribution >= 0.6 is 22.6 Å². The second-order valence-electron chi connectivity index (χ2n) is 9.91. The maximum Gasteiger partial charge on any atom is 0.264 e. The van der Waals surface area contributed by atoms with E-state index in [4.69, 9.17) is 0 Å². The molecule has 2 amide bonds. The first-order valence-electron chi connectivity index (χ1n) is 13.7. The molecule has 0 bridgehead atoms. The minimum absolute atomic E-state index is 0.0751. The SMILES string of the molecule is CCNC(=O)[C@@H](Cc1ccccc1)N(Cc1cccc(C)c1)C(=O)CN(c1ccc(I)cc1)S(=O)(=O)c1ccccc1. The molecular formula is C33H34IN3O4S. The van der Waals surface area contributed by atoms with Crippen LogP contribution in [0, 0.1) is 10.5 Å². The van der Waals surface area contributed by atoms with Gasteiger partial charge in [-0.15, -0.1) is 0 Å². The summed E-state index contributed by atoms with van der Waals surface area (Å²) < 4.78 is 30.0. The number of aryl methyl sites for hydroxylation is 1. The number of nitrogens with zero attached hydrogens (tertiary/aromatic N) is 2. The third-order valence-corrected chi connectivity index (χ3v) is 9.29. The van der Waals surface area contributed by atoms with Crippen molar-refractivity contribution in [2.75, 3.05) is 17.4 Å². The third kappa shape index (κ3) is 7.98. The number of benzene rings is 4. The van der Waals surface area contributed by atoms with Crippen LogP contribution in [0.4, 0.5) is 5.69 Å². The minimum atomic E-state index is -4.11. The number of sulfonamides is 1. The van der Waals surface area contributed by atoms with Crippen molar-refractivity contribution in [3.05, 3.63) is 129 Å². The molecule has 0 saturated carbocycles. The van der Waals surface area contributed by atoms with Crippen LogP contribution in [0.1, 0.15) is 23.6 Å². The van der Waals surface area contributed by atoms with E-state index in [9.17, 15) is 18.0 Å². The van der Waals surface area contributed by atoms with Gasteiger partial charge in [-0.1, -0.05) is 78.4 Å². The fraction of sp³-hybridized carbons (Fsp3) is 0.212. The van der Waals surface area contributed by atoms with Crippen molar-refractivity contribution in [2.24, 2.45) is 0 Å². The monoisotopic (exact) mass is 695 g/mol. The summed E-state index contributed by atoms with van der Waals surface area (Å²) in [5, 5.41) is 2.88. The molecule has 0 radical (unpaired) electrons. The highest BCUT2D eigenvalue weighted by atomic mass is 127. The average Bonchev–Trinajstić information content (AvgIpc) is 2.99. The summed E-state index contributed by atoms with van der Waals surface area (Å²) in [4.78, 5) is 29.4. The Labute approximate surface area is 261 Å². The Balaban J connectivity index is 1.78. The zero-order valence-corrected chi connectivity index (χ0v) is 26.6. The molecule has 0 heterocycles. The van der Waals surface area contributed by atoms with E-state index in [-0.39, 0.29) is 23.8 Å². The molecule has 0 aliphatic rings. The summed E-state index contributed by atoms with van der Waals surface area (Å²) in [7, 11) is -4.11. The molecule has 7 nitrogen and oxygen atoms in total. The second kappa shape index (κ2) is 14.5. The Morgan fingerprint density at radius 3 is 2.07 bits per heavy atom. The molecule has 4 rings (SSSR count). The molecule has 0 aromatic heterocycles. The van der Waals surface area contributed by atoms with Crippen LogP contribution in [0.5, 0.6) is 0 Å². The predicted octanol–water partition coefficient (Wildman–Crippen LogP) is 5.57. The molecule has 4 aromatic carbocycles. The Morgan fingerprint density at radius 1 is 0.833 bits per heavy atom. The highest BCUT2D eigenvalue weighted by Gasteiger charge is 2.34. The summed E-state index contributed by atoms with van der Waals surface area (Å²) in [6, 6.07) is 31.4. The maximum atomic E-state index is 14.3. The Bertz CT molecular complexity index is 1600. The van der Waals surface area contributed by atoms with E-state index in [1.54, 1.807) is 42.5 Å². The van der Waals surface area contributed by atoms with E-state index in [1.165, 1.54) is 17.0 Å². The number of carbonyl (C=O) groups excluding carboxylic acids is 2. The number of halogens is 1. The zero-order chi connectivity index (χ0) is 30.1. The van der Waals surface area contributed by atoms with Crippen LogP contribution in [0.15, 0.2) is 114 Å². The van der Waals surface area contributed by atoms with Gasteiger partial charge in [0.1, 0.15) is 12.6 Å². The van der Waals surface area contributed by atoms with Crippen molar-refractivity contribution >= 4 is 50.1 Å². The van der Waals surface area contributed by atoms with Gasteiger partial charge < -0.3 is 10.2 Å². The smallest absolute Gasteiger partial charge is 0.264 e. The van der Waals surface area contributed by atoms with Gasteiger partial charge in [-0.25, -0.2) is 8.42 Å². The van der Waals surface area contributed by atoms with Crippen LogP contribution in [0.3, 0.4) is 0 Å². The Hall–Kier alpha value is -3.70. The van der Waals surface area contributed by atoms with Crippen LogP contribution < -0.4 is 9.62 Å². The van der Waals surface area contributed by atoms with Crippen molar-refractivity contribution < 1.29 is 18.0 Å². The number of hydrogen-bond acceptors (Lipinski definition) is 4. The number of rotatable bonds is 12. The lowest BCUT2D eigenvalue weighted by Crippen LogP contribution is -2.53. The van der Waals surface area contributed by atoms with E-state index in [0.29, 0.717) is 12.2 Å². The molecule has 0 fully saturated rings. The van der Waals surface area contributed by atoms with Gasteiger partial charge in [0.15, 0.2) is 0 Å². The summed E-state index contributed by atoms with van der Waals surface area (Å²) in [6.07, 6.45) is 0.277. The fourth-order valence-corrected chi connectivity index (χ4v) is 6.50. The molecular weight excluding hydrogens is 661 g/mol. The molecule has 0 unspecified atom stereocenters. The predicted molar refractivity (Wildman–Crippen MR) is 174 cm³/mol. The lowest BCUT2D eigenvalue weighted by molar-refractivity contribution is -0.140. The lowest BCUT2D eigenvalue weighted by Gasteiger charge is -2.34. The van der Waals surface area contributed by atoms with Gasteiger partial charge in [-0.2, -0.15) is 0 Å². The van der Waals surface area contributed by atoms with Crippen LogP contribution in [-0.2, 0) is 32.6 Å². The van der Waals surface area contributed by atoms with Gasteiger partial charge >= 0.3 is 0 Å². The molecule has 0 spiro atoms. The molecule has 1 atom stereocenters. The highest BCUT2D eigenvalue weighted by molar-refractivity contribution is 14.1. The number of nitrogens with one attached hydrogen (secondary N) is 1. The average molecular weight is 696 g/mol. The number of amides is 2. The first-order chi connectivity index (χ1) is 20.2. The Morgan fingerprint density at radius 2 is 1.45 bits per heavy atom. The quantitative estimate of drug-likeness (QED) is 0.197. The number of carbonyl (C=O) groups is 2. The first-order valence-corrected chi connectivity index (χ1v) is 16.2. The summed E-state index contributed by atoms with van der Waals surface area (Å²) in [5.74, 6) is -0.782. The van der Waals surface area contributed by atoms with Crippen LogP contribution in [0.25, 0.3) is 0 Å². The van der Waals surface area contributed by atoms with Crippen molar-refractivity contribution in [3.8, 4) is 0 Å². The van der Waals surface area contributed by atoms with Crippen molar-refractivity contribution in [1.82, 2.24) is 10.2 Å². The molecule has 0 aliphatic heterocycles. The second-order valence-corrected chi connectivity index (χ2v) is 13.0. The summed E-state index contributed by atoms with van der Waals surface area (Å²) in [6.45, 7) is 3.85. The molecule has 42 heavy (non-hydrogen) atoms. The topological polar surface area (TPSA) is 86.8 Å². The van der Waals surface area contributed by atoms with E-state index >= 15 is 0 Å². The van der Waals surface area contributed by atoms with Gasteiger partial charge in [-0.3, -0.25) is 13.9 Å². The summed E-state index contributed by atoms with van der Waals surface area (Å²) in [5.41, 5.74) is 3.12. The fourth-order valence-electron chi connectivity index (χ4n) is 4.71. The van der Waals surface area contributed by atoms with E-state index < -0.39 is 28.5 Å². The standard InChI is InChI=1S/C33H34IN3O4S/c1-3-35-33(39)31(22-26-12-6-4-7-13-26)36(23-27-14-10-11-25(2)21-27)32(38)24-37(29-19-17-28(34)18-20-29)42(40,41)30-15-8-5-9-16-30/h4-21,31H,3,22-24H2,1-2H3,(H,35,39)/t31-/m1/s1. The lowest BCUT2D eigenvalue weighted by atomic mass is 10.0. The van der Waals surface area contributed by atoms with Crippen molar-refractivity contribution in [3.63, 3.8) is 0 Å². The maximum absolute atomic E-state index is 14.3. The molecule has 0 aliphatic carbocycles. The van der Waals surface area contributed by atoms with Crippen LogP contribution in [-0.4, -0.2) is 44.3 Å². The van der Waals surface area contributed by atoms with E-state index in [2.05, 4.69) is 27.9 Å². The first kappa shape index (κ1) is 31.2.